The summed E-state index contributed by atoms with van der Waals surface area (Å²) in [5.41, 5.74) is 0. The van der Waals surface area contributed by atoms with Crippen LogP contribution < -0.4 is 5.32 Å². The number of hydrogen-bond acceptors (Lipinski definition) is 4. The van der Waals surface area contributed by atoms with Crippen molar-refractivity contribution in [2.45, 2.75) is 10.6 Å². The van der Waals surface area contributed by atoms with Gasteiger partial charge in [0.15, 0.2) is 0 Å². The van der Waals surface area contributed by atoms with Crippen molar-refractivity contribution in [3.63, 3.8) is 0 Å². The number of benzene rings is 1. The lowest BCUT2D eigenvalue weighted by Gasteiger charge is -2.05. The van der Waals surface area contributed by atoms with E-state index in [1.807, 2.05) is 30.3 Å². The van der Waals surface area contributed by atoms with Gasteiger partial charge in [-0.15, -0.1) is 34.9 Å². The number of rotatable bonds is 8. The van der Waals surface area contributed by atoms with Gasteiger partial charge in [0.2, 0.25) is 5.91 Å². The summed E-state index contributed by atoms with van der Waals surface area (Å²) in [5, 5.41) is 2.94. The minimum Gasteiger partial charge on any atom is -0.355 e. The summed E-state index contributed by atoms with van der Waals surface area (Å²) in [5.74, 6) is 2.31. The maximum atomic E-state index is 11.7. The molecule has 0 radical (unpaired) electrons. The van der Waals surface area contributed by atoms with Crippen molar-refractivity contribution in [3.05, 3.63) is 51.7 Å². The van der Waals surface area contributed by atoms with Crippen LogP contribution in [0.15, 0.2) is 47.4 Å². The Labute approximate surface area is 142 Å². The Hall–Kier alpha value is -0.620. The van der Waals surface area contributed by atoms with Gasteiger partial charge in [0, 0.05) is 27.8 Å². The van der Waals surface area contributed by atoms with E-state index in [1.54, 1.807) is 34.9 Å². The highest BCUT2D eigenvalue weighted by Crippen LogP contribution is 2.25. The van der Waals surface area contributed by atoms with E-state index in [-0.39, 0.29) is 5.91 Å². The minimum atomic E-state index is 0.0938. The van der Waals surface area contributed by atoms with Gasteiger partial charge in [-0.05, 0) is 24.3 Å². The Kier molecular flexibility index (Phi) is 7.50. The molecular formula is C15H16ClNOS3. The molecule has 0 fully saturated rings. The Bertz CT molecular complexity index is 559. The normalized spacial score (nSPS) is 10.5. The molecule has 0 aliphatic rings. The van der Waals surface area contributed by atoms with Crippen molar-refractivity contribution in [3.8, 4) is 0 Å². The number of carbonyl (C=O) groups excluding carboxylic acids is 1. The molecule has 0 unspecified atom stereocenters. The SMILES string of the molecule is O=C(CSCc1ccc(Cl)s1)NCCSc1ccccc1. The van der Waals surface area contributed by atoms with E-state index < -0.39 is 0 Å². The van der Waals surface area contributed by atoms with Gasteiger partial charge in [-0.1, -0.05) is 29.8 Å². The largest absolute Gasteiger partial charge is 0.355 e. The molecular weight excluding hydrogens is 342 g/mol. The van der Waals surface area contributed by atoms with Gasteiger partial charge in [0.25, 0.3) is 0 Å². The molecule has 1 N–H and O–H groups in total. The van der Waals surface area contributed by atoms with Gasteiger partial charge in [-0.2, -0.15) is 0 Å². The van der Waals surface area contributed by atoms with Crippen LogP contribution in [0.1, 0.15) is 4.88 Å². The highest BCUT2D eigenvalue weighted by molar-refractivity contribution is 7.99. The minimum absolute atomic E-state index is 0.0938. The second kappa shape index (κ2) is 9.41. The monoisotopic (exact) mass is 357 g/mol. The molecule has 21 heavy (non-hydrogen) atoms. The van der Waals surface area contributed by atoms with Gasteiger partial charge < -0.3 is 5.32 Å². The standard InChI is InChI=1S/C15H16ClNOS3/c16-14-7-6-13(21-14)10-19-11-15(18)17-8-9-20-12-4-2-1-3-5-12/h1-7H,8-11H2,(H,17,18). The Balaban J connectivity index is 1.53. The predicted molar refractivity (Wildman–Crippen MR) is 95.7 cm³/mol. The van der Waals surface area contributed by atoms with Crippen LogP contribution in [0.3, 0.4) is 0 Å². The summed E-state index contributed by atoms with van der Waals surface area (Å²) in [6.45, 7) is 0.698. The maximum Gasteiger partial charge on any atom is 0.230 e. The lowest BCUT2D eigenvalue weighted by Crippen LogP contribution is -2.27. The third kappa shape index (κ3) is 6.78. The molecule has 1 aromatic carbocycles. The molecule has 2 rings (SSSR count). The fraction of sp³-hybridized carbons (Fsp3) is 0.267. The van der Waals surface area contributed by atoms with E-state index >= 15 is 0 Å². The van der Waals surface area contributed by atoms with Crippen LogP contribution >= 0.6 is 46.5 Å². The van der Waals surface area contributed by atoms with Gasteiger partial charge in [-0.25, -0.2) is 0 Å². The van der Waals surface area contributed by atoms with Crippen molar-refractivity contribution in [1.82, 2.24) is 5.32 Å². The molecule has 1 amide bonds. The van der Waals surface area contributed by atoms with E-state index in [9.17, 15) is 4.79 Å². The number of carbonyl (C=O) groups is 1. The van der Waals surface area contributed by atoms with Gasteiger partial charge in [-0.3, -0.25) is 4.79 Å². The van der Waals surface area contributed by atoms with Crippen LogP contribution in [0.25, 0.3) is 0 Å². The molecule has 1 heterocycles. The van der Waals surface area contributed by atoms with Gasteiger partial charge >= 0.3 is 0 Å². The zero-order valence-electron chi connectivity index (χ0n) is 11.4. The molecule has 6 heteroatoms. The van der Waals surface area contributed by atoms with E-state index in [4.69, 9.17) is 11.6 Å². The smallest absolute Gasteiger partial charge is 0.230 e. The molecule has 2 aromatic rings. The number of thiophene rings is 1. The molecule has 0 bridgehead atoms. The second-order valence-electron chi connectivity index (χ2n) is 4.21. The predicted octanol–water partition coefficient (Wildman–Crippen LogP) is 4.54. The van der Waals surface area contributed by atoms with E-state index in [1.165, 1.54) is 9.77 Å². The number of nitrogens with one attached hydrogen (secondary N) is 1. The lowest BCUT2D eigenvalue weighted by molar-refractivity contribution is -0.118. The summed E-state index contributed by atoms with van der Waals surface area (Å²) in [6, 6.07) is 14.1. The zero-order valence-corrected chi connectivity index (χ0v) is 14.6. The van der Waals surface area contributed by atoms with Crippen LogP contribution in [0, 0.1) is 0 Å². The van der Waals surface area contributed by atoms with Crippen molar-refractivity contribution in [2.24, 2.45) is 0 Å². The van der Waals surface area contributed by atoms with Crippen molar-refractivity contribution in [1.29, 1.82) is 0 Å². The Morgan fingerprint density at radius 1 is 1.19 bits per heavy atom. The zero-order chi connectivity index (χ0) is 14.9. The Morgan fingerprint density at radius 2 is 2.00 bits per heavy atom. The topological polar surface area (TPSA) is 29.1 Å². The van der Waals surface area contributed by atoms with E-state index in [0.717, 1.165) is 15.8 Å². The summed E-state index contributed by atoms with van der Waals surface area (Å²) in [6.07, 6.45) is 0. The quantitative estimate of drug-likeness (QED) is 0.555. The molecule has 0 aliphatic carbocycles. The molecule has 2 nitrogen and oxygen atoms in total. The summed E-state index contributed by atoms with van der Waals surface area (Å²) in [4.78, 5) is 14.1. The van der Waals surface area contributed by atoms with E-state index in [0.29, 0.717) is 12.3 Å². The van der Waals surface area contributed by atoms with E-state index in [2.05, 4.69) is 17.4 Å². The first-order valence-corrected chi connectivity index (χ1v) is 9.84. The fourth-order valence-corrected chi connectivity index (χ4v) is 4.45. The average molecular weight is 358 g/mol. The lowest BCUT2D eigenvalue weighted by atomic mass is 10.4. The fourth-order valence-electron chi connectivity index (χ4n) is 1.60. The third-order valence-corrected chi connectivity index (χ3v) is 5.95. The summed E-state index contributed by atoms with van der Waals surface area (Å²) in [7, 11) is 0. The average Bonchev–Trinajstić information content (AvgIpc) is 2.90. The number of amides is 1. The summed E-state index contributed by atoms with van der Waals surface area (Å²) >= 11 is 10.8. The highest BCUT2D eigenvalue weighted by Gasteiger charge is 2.03. The molecule has 1 aromatic heterocycles. The molecule has 112 valence electrons. The first-order valence-electron chi connectivity index (χ1n) is 6.50. The van der Waals surface area contributed by atoms with Crippen LogP contribution in [-0.4, -0.2) is 24.0 Å². The van der Waals surface area contributed by atoms with Crippen LogP contribution in [0.4, 0.5) is 0 Å². The maximum absolute atomic E-state index is 11.7. The molecule has 0 aliphatic heterocycles. The van der Waals surface area contributed by atoms with Gasteiger partial charge in [0.05, 0.1) is 10.1 Å². The molecule has 0 spiro atoms. The van der Waals surface area contributed by atoms with Crippen LogP contribution in [-0.2, 0) is 10.5 Å². The van der Waals surface area contributed by atoms with Crippen LogP contribution in [0.2, 0.25) is 4.34 Å². The second-order valence-corrected chi connectivity index (χ2v) is 8.16. The third-order valence-electron chi connectivity index (χ3n) is 2.54. The summed E-state index contributed by atoms with van der Waals surface area (Å²) < 4.78 is 0.799. The van der Waals surface area contributed by atoms with Crippen molar-refractivity contribution >= 4 is 52.4 Å². The highest BCUT2D eigenvalue weighted by atomic mass is 35.5. The molecule has 0 saturated heterocycles. The molecule has 0 atom stereocenters. The van der Waals surface area contributed by atoms with Crippen molar-refractivity contribution < 1.29 is 4.79 Å². The van der Waals surface area contributed by atoms with Crippen molar-refractivity contribution in [2.75, 3.05) is 18.1 Å². The molecule has 0 saturated carbocycles. The van der Waals surface area contributed by atoms with Crippen LogP contribution in [0.5, 0.6) is 0 Å². The van der Waals surface area contributed by atoms with Gasteiger partial charge in [0.1, 0.15) is 0 Å². The number of hydrogen-bond donors (Lipinski definition) is 1. The Morgan fingerprint density at radius 3 is 2.71 bits per heavy atom. The number of halogens is 1. The number of thioether (sulfide) groups is 2. The first kappa shape index (κ1) is 16.7. The first-order chi connectivity index (χ1) is 10.2.